The molecule has 3 aromatic carbocycles. The molecule has 4 aromatic rings. The Balaban J connectivity index is 1.35. The number of carbonyl (C=O) groups excluding carboxylic acids is 1. The van der Waals surface area contributed by atoms with Crippen LogP contribution in [0.3, 0.4) is 0 Å². The van der Waals surface area contributed by atoms with Gasteiger partial charge in [-0.3, -0.25) is 0 Å². The number of amides is 1. The van der Waals surface area contributed by atoms with Crippen molar-refractivity contribution >= 4 is 17.1 Å². The van der Waals surface area contributed by atoms with Gasteiger partial charge in [0.2, 0.25) is 0 Å². The van der Waals surface area contributed by atoms with E-state index in [0.29, 0.717) is 19.4 Å². The maximum absolute atomic E-state index is 13.3. The number of cyclic esters (lactones) is 1. The van der Waals surface area contributed by atoms with E-state index >= 15 is 0 Å². The fraction of sp³-hybridized carbons (Fsp3) is 0.355. The molecule has 192 valence electrons. The molecular formula is C31H35N3O3. The van der Waals surface area contributed by atoms with Crippen LogP contribution in [-0.4, -0.2) is 37.8 Å². The smallest absolute Gasteiger partial charge is 0.411 e. The third kappa shape index (κ3) is 4.86. The van der Waals surface area contributed by atoms with Crippen molar-refractivity contribution in [3.63, 3.8) is 0 Å². The first-order chi connectivity index (χ1) is 17.6. The van der Waals surface area contributed by atoms with Crippen LogP contribution in [-0.2, 0) is 17.4 Å². The molecule has 1 aliphatic rings. The standard InChI is InChI=1S/C31H35N3O3/c1-21(23-11-13-24(14-12-23)25-15-16-27-28(19-25)33(5)22(2)32-27)34-18-17-31(37-29(34)35,20-30(3,4)36)26-9-7-6-8-10-26/h6-16,19,21,36H,17-18,20H2,1-5H3. The SMILES string of the molecule is Cc1nc2ccc(-c3ccc(C(C)N4CCC(CC(C)(C)O)(c5ccccc5)OC4=O)cc3)cc2n1C. The van der Waals surface area contributed by atoms with Crippen LogP contribution in [0.1, 0.15) is 56.6 Å². The summed E-state index contributed by atoms with van der Waals surface area (Å²) in [7, 11) is 2.03. The van der Waals surface area contributed by atoms with Crippen molar-refractivity contribution in [3.8, 4) is 11.1 Å². The van der Waals surface area contributed by atoms with Gasteiger partial charge in [0.1, 0.15) is 11.4 Å². The molecule has 1 saturated heterocycles. The summed E-state index contributed by atoms with van der Waals surface area (Å²) in [6.45, 7) is 8.11. The van der Waals surface area contributed by atoms with Gasteiger partial charge >= 0.3 is 6.09 Å². The minimum absolute atomic E-state index is 0.139. The number of carbonyl (C=O) groups is 1. The lowest BCUT2D eigenvalue weighted by Crippen LogP contribution is -2.51. The van der Waals surface area contributed by atoms with Crippen molar-refractivity contribution in [2.75, 3.05) is 6.54 Å². The molecule has 6 nitrogen and oxygen atoms in total. The highest BCUT2D eigenvalue weighted by molar-refractivity contribution is 5.82. The Labute approximate surface area is 218 Å². The number of rotatable bonds is 6. The summed E-state index contributed by atoms with van der Waals surface area (Å²) in [6, 6.07) is 24.3. The van der Waals surface area contributed by atoms with E-state index in [2.05, 4.69) is 52.0 Å². The second-order valence-corrected chi connectivity index (χ2v) is 10.9. The number of hydrogen-bond acceptors (Lipinski definition) is 4. The summed E-state index contributed by atoms with van der Waals surface area (Å²) in [6.07, 6.45) is 0.597. The largest absolute Gasteiger partial charge is 0.438 e. The molecule has 1 aliphatic heterocycles. The normalized spacial score (nSPS) is 19.2. The van der Waals surface area contributed by atoms with Crippen molar-refractivity contribution in [1.29, 1.82) is 0 Å². The van der Waals surface area contributed by atoms with Gasteiger partial charge in [0, 0.05) is 26.4 Å². The third-order valence-corrected chi connectivity index (χ3v) is 7.59. The minimum Gasteiger partial charge on any atom is -0.438 e. The van der Waals surface area contributed by atoms with Crippen LogP contribution in [0, 0.1) is 6.92 Å². The van der Waals surface area contributed by atoms with Gasteiger partial charge in [-0.05, 0) is 62.1 Å². The zero-order valence-corrected chi connectivity index (χ0v) is 22.2. The molecule has 1 aromatic heterocycles. The molecule has 0 saturated carbocycles. The summed E-state index contributed by atoms with van der Waals surface area (Å²) in [5, 5.41) is 10.6. The quantitative estimate of drug-likeness (QED) is 0.330. The van der Waals surface area contributed by atoms with E-state index in [1.165, 1.54) is 0 Å². The molecule has 0 spiro atoms. The molecule has 0 bridgehead atoms. The molecule has 2 unspecified atom stereocenters. The molecule has 2 atom stereocenters. The van der Waals surface area contributed by atoms with Crippen molar-refractivity contribution < 1.29 is 14.6 Å². The van der Waals surface area contributed by atoms with Crippen LogP contribution in [0.5, 0.6) is 0 Å². The summed E-state index contributed by atoms with van der Waals surface area (Å²) in [5.74, 6) is 0.989. The minimum atomic E-state index is -0.975. The lowest BCUT2D eigenvalue weighted by atomic mass is 9.80. The Morgan fingerprint density at radius 3 is 2.38 bits per heavy atom. The zero-order valence-electron chi connectivity index (χ0n) is 22.2. The highest BCUT2D eigenvalue weighted by Gasteiger charge is 2.46. The molecular weight excluding hydrogens is 462 g/mol. The van der Waals surface area contributed by atoms with Gasteiger partial charge in [-0.25, -0.2) is 9.78 Å². The van der Waals surface area contributed by atoms with Crippen LogP contribution < -0.4 is 0 Å². The molecule has 5 rings (SSSR count). The number of ether oxygens (including phenoxy) is 1. The molecule has 2 heterocycles. The summed E-state index contributed by atoms with van der Waals surface area (Å²) in [5.41, 5.74) is 4.49. The Hall–Kier alpha value is -3.64. The van der Waals surface area contributed by atoms with Crippen LogP contribution >= 0.6 is 0 Å². The fourth-order valence-electron chi connectivity index (χ4n) is 5.52. The summed E-state index contributed by atoms with van der Waals surface area (Å²) < 4.78 is 8.26. The average molecular weight is 498 g/mol. The van der Waals surface area contributed by atoms with Crippen LogP contribution in [0.2, 0.25) is 0 Å². The number of aliphatic hydroxyl groups is 1. The monoisotopic (exact) mass is 497 g/mol. The zero-order chi connectivity index (χ0) is 26.4. The second kappa shape index (κ2) is 9.34. The third-order valence-electron chi connectivity index (χ3n) is 7.59. The predicted molar refractivity (Wildman–Crippen MR) is 146 cm³/mol. The molecule has 1 fully saturated rings. The van der Waals surface area contributed by atoms with E-state index in [4.69, 9.17) is 4.74 Å². The number of nitrogens with zero attached hydrogens (tertiary/aromatic N) is 3. The maximum Gasteiger partial charge on any atom is 0.411 e. The van der Waals surface area contributed by atoms with Crippen LogP contribution in [0.4, 0.5) is 4.79 Å². The van der Waals surface area contributed by atoms with E-state index in [1.807, 2.05) is 51.2 Å². The van der Waals surface area contributed by atoms with Gasteiger partial charge in [0.15, 0.2) is 0 Å². The fourth-order valence-corrected chi connectivity index (χ4v) is 5.52. The van der Waals surface area contributed by atoms with Gasteiger partial charge in [0.05, 0.1) is 22.7 Å². The van der Waals surface area contributed by atoms with Gasteiger partial charge in [-0.2, -0.15) is 0 Å². The van der Waals surface area contributed by atoms with Crippen LogP contribution in [0.25, 0.3) is 22.2 Å². The summed E-state index contributed by atoms with van der Waals surface area (Å²) >= 11 is 0. The van der Waals surface area contributed by atoms with Gasteiger partial charge < -0.3 is 19.3 Å². The molecule has 6 heteroatoms. The Morgan fingerprint density at radius 1 is 1.05 bits per heavy atom. The Bertz CT molecular complexity index is 1420. The Morgan fingerprint density at radius 2 is 1.73 bits per heavy atom. The number of aryl methyl sites for hydroxylation is 2. The molecule has 0 radical (unpaired) electrons. The van der Waals surface area contributed by atoms with E-state index in [-0.39, 0.29) is 12.1 Å². The number of benzene rings is 3. The molecule has 37 heavy (non-hydrogen) atoms. The number of aromatic nitrogens is 2. The summed E-state index contributed by atoms with van der Waals surface area (Å²) in [4.78, 5) is 19.7. The molecule has 1 N–H and O–H groups in total. The van der Waals surface area contributed by atoms with Crippen molar-refractivity contribution in [2.45, 2.75) is 57.8 Å². The first-order valence-corrected chi connectivity index (χ1v) is 12.9. The molecule has 1 amide bonds. The van der Waals surface area contributed by atoms with E-state index in [9.17, 15) is 9.90 Å². The van der Waals surface area contributed by atoms with E-state index in [1.54, 1.807) is 18.7 Å². The van der Waals surface area contributed by atoms with Crippen molar-refractivity contribution in [2.24, 2.45) is 7.05 Å². The highest BCUT2D eigenvalue weighted by atomic mass is 16.6. The van der Waals surface area contributed by atoms with Crippen LogP contribution in [0.15, 0.2) is 72.8 Å². The first kappa shape index (κ1) is 25.0. The van der Waals surface area contributed by atoms with Gasteiger partial charge in [0.25, 0.3) is 0 Å². The highest BCUT2D eigenvalue weighted by Crippen LogP contribution is 2.42. The van der Waals surface area contributed by atoms with E-state index < -0.39 is 11.2 Å². The average Bonchev–Trinajstić information content (AvgIpc) is 3.16. The second-order valence-electron chi connectivity index (χ2n) is 10.9. The maximum atomic E-state index is 13.3. The predicted octanol–water partition coefficient (Wildman–Crippen LogP) is 6.51. The van der Waals surface area contributed by atoms with E-state index in [0.717, 1.165) is 39.1 Å². The first-order valence-electron chi connectivity index (χ1n) is 12.9. The van der Waals surface area contributed by atoms with Gasteiger partial charge in [-0.1, -0.05) is 60.7 Å². The number of fused-ring (bicyclic) bond motifs is 1. The van der Waals surface area contributed by atoms with Crippen molar-refractivity contribution in [1.82, 2.24) is 14.5 Å². The lowest BCUT2D eigenvalue weighted by Gasteiger charge is -2.45. The number of imidazole rings is 1. The molecule has 0 aliphatic carbocycles. The Kier molecular flexibility index (Phi) is 6.32. The van der Waals surface area contributed by atoms with Crippen molar-refractivity contribution in [3.05, 3.63) is 89.7 Å². The topological polar surface area (TPSA) is 67.6 Å². The van der Waals surface area contributed by atoms with Gasteiger partial charge in [-0.15, -0.1) is 0 Å². The lowest BCUT2D eigenvalue weighted by molar-refractivity contribution is -0.101. The number of hydrogen-bond donors (Lipinski definition) is 1.